The molecule has 1 aliphatic heterocycles. The molecule has 4 heteroatoms. The second kappa shape index (κ2) is 5.33. The third kappa shape index (κ3) is 2.87. The average Bonchev–Trinajstić information content (AvgIpc) is 2.39. The van der Waals surface area contributed by atoms with Crippen molar-refractivity contribution < 1.29 is 4.74 Å². The molecule has 2 N–H and O–H groups in total. The van der Waals surface area contributed by atoms with Crippen molar-refractivity contribution in [3.05, 3.63) is 23.3 Å². The van der Waals surface area contributed by atoms with Crippen LogP contribution < -0.4 is 5.73 Å². The molecule has 100 valence electrons. The monoisotopic (exact) mass is 249 g/mol. The Kier molecular flexibility index (Phi) is 3.97. The normalized spacial score (nSPS) is 18.0. The zero-order chi connectivity index (χ0) is 13.2. The fourth-order valence-electron chi connectivity index (χ4n) is 2.19. The quantitative estimate of drug-likeness (QED) is 0.889. The Balaban J connectivity index is 2.31. The van der Waals surface area contributed by atoms with Crippen molar-refractivity contribution in [1.29, 1.82) is 0 Å². The number of rotatable bonds is 3. The summed E-state index contributed by atoms with van der Waals surface area (Å²) in [4.78, 5) is 9.30. The Morgan fingerprint density at radius 2 is 2.00 bits per heavy atom. The fraction of sp³-hybridized carbons (Fsp3) is 0.714. The number of nitrogens with two attached hydrogens (primary N) is 1. The first-order chi connectivity index (χ1) is 8.53. The highest BCUT2D eigenvalue weighted by Crippen LogP contribution is 2.27. The van der Waals surface area contributed by atoms with Crippen LogP contribution in [0.15, 0.2) is 6.07 Å². The van der Waals surface area contributed by atoms with E-state index >= 15 is 0 Å². The van der Waals surface area contributed by atoms with Gasteiger partial charge in [-0.15, -0.1) is 0 Å². The molecule has 0 aromatic carbocycles. The first kappa shape index (κ1) is 13.4. The van der Waals surface area contributed by atoms with E-state index in [4.69, 9.17) is 15.5 Å². The number of hydrogen-bond acceptors (Lipinski definition) is 4. The molecular weight excluding hydrogens is 226 g/mol. The number of nitrogens with zero attached hydrogens (tertiary/aromatic N) is 2. The smallest absolute Gasteiger partial charge is 0.135 e. The van der Waals surface area contributed by atoms with Crippen LogP contribution in [0.25, 0.3) is 0 Å². The predicted molar refractivity (Wildman–Crippen MR) is 71.6 cm³/mol. The molecule has 0 bridgehead atoms. The van der Waals surface area contributed by atoms with Crippen LogP contribution in [0.4, 0.5) is 0 Å². The SMILES string of the molecule is Cc1cc(C2CCOCC2)nc(C(C)(C)CN)n1. The van der Waals surface area contributed by atoms with Crippen molar-refractivity contribution >= 4 is 0 Å². The molecule has 0 spiro atoms. The zero-order valence-corrected chi connectivity index (χ0v) is 11.6. The molecule has 0 unspecified atom stereocenters. The maximum absolute atomic E-state index is 5.82. The van der Waals surface area contributed by atoms with Crippen LogP contribution in [0.2, 0.25) is 0 Å². The van der Waals surface area contributed by atoms with E-state index in [1.165, 1.54) is 0 Å². The maximum atomic E-state index is 5.82. The van der Waals surface area contributed by atoms with Crippen molar-refractivity contribution in [1.82, 2.24) is 9.97 Å². The van der Waals surface area contributed by atoms with Gasteiger partial charge in [0.2, 0.25) is 0 Å². The van der Waals surface area contributed by atoms with E-state index in [0.29, 0.717) is 12.5 Å². The number of aromatic nitrogens is 2. The van der Waals surface area contributed by atoms with Gasteiger partial charge in [0.1, 0.15) is 5.82 Å². The Bertz CT molecular complexity index is 412. The third-order valence-electron chi connectivity index (χ3n) is 3.63. The van der Waals surface area contributed by atoms with Gasteiger partial charge in [0, 0.05) is 42.5 Å². The lowest BCUT2D eigenvalue weighted by Gasteiger charge is -2.25. The van der Waals surface area contributed by atoms with Crippen LogP contribution in [0.3, 0.4) is 0 Å². The molecule has 0 aliphatic carbocycles. The molecule has 2 heterocycles. The van der Waals surface area contributed by atoms with E-state index in [1.807, 2.05) is 6.92 Å². The highest BCUT2D eigenvalue weighted by molar-refractivity contribution is 5.18. The van der Waals surface area contributed by atoms with E-state index in [-0.39, 0.29) is 5.41 Å². The zero-order valence-electron chi connectivity index (χ0n) is 11.6. The van der Waals surface area contributed by atoms with Crippen molar-refractivity contribution in [2.75, 3.05) is 19.8 Å². The summed E-state index contributed by atoms with van der Waals surface area (Å²) in [6.45, 7) is 8.45. The van der Waals surface area contributed by atoms with Gasteiger partial charge in [-0.1, -0.05) is 13.8 Å². The third-order valence-corrected chi connectivity index (χ3v) is 3.63. The summed E-state index contributed by atoms with van der Waals surface area (Å²) in [6.07, 6.45) is 2.11. The lowest BCUT2D eigenvalue weighted by atomic mass is 9.91. The summed E-state index contributed by atoms with van der Waals surface area (Å²) < 4.78 is 5.41. The number of ether oxygens (including phenoxy) is 1. The molecule has 0 saturated carbocycles. The van der Waals surface area contributed by atoms with Gasteiger partial charge in [-0.2, -0.15) is 0 Å². The largest absolute Gasteiger partial charge is 0.381 e. The molecule has 18 heavy (non-hydrogen) atoms. The van der Waals surface area contributed by atoms with Crippen molar-refractivity contribution in [2.24, 2.45) is 5.73 Å². The van der Waals surface area contributed by atoms with Crippen molar-refractivity contribution in [3.63, 3.8) is 0 Å². The van der Waals surface area contributed by atoms with E-state index in [1.54, 1.807) is 0 Å². The van der Waals surface area contributed by atoms with Crippen molar-refractivity contribution in [2.45, 2.75) is 44.9 Å². The second-order valence-electron chi connectivity index (χ2n) is 5.73. The molecule has 0 atom stereocenters. The summed E-state index contributed by atoms with van der Waals surface area (Å²) >= 11 is 0. The summed E-state index contributed by atoms with van der Waals surface area (Å²) in [5.74, 6) is 1.37. The van der Waals surface area contributed by atoms with Crippen molar-refractivity contribution in [3.8, 4) is 0 Å². The standard InChI is InChI=1S/C14H23N3O/c1-10-8-12(11-4-6-18-7-5-11)17-13(16-10)14(2,3)9-15/h8,11H,4-7,9,15H2,1-3H3. The minimum atomic E-state index is -0.161. The average molecular weight is 249 g/mol. The summed E-state index contributed by atoms with van der Waals surface area (Å²) in [6, 6.07) is 2.10. The highest BCUT2D eigenvalue weighted by atomic mass is 16.5. The molecule has 1 saturated heterocycles. The van der Waals surface area contributed by atoms with E-state index in [9.17, 15) is 0 Å². The lowest BCUT2D eigenvalue weighted by Crippen LogP contribution is -2.31. The van der Waals surface area contributed by atoms with E-state index in [2.05, 4.69) is 24.9 Å². The maximum Gasteiger partial charge on any atom is 0.135 e. The van der Waals surface area contributed by atoms with Crippen LogP contribution in [0.1, 0.15) is 49.8 Å². The topological polar surface area (TPSA) is 61.0 Å². The molecule has 2 rings (SSSR count). The first-order valence-electron chi connectivity index (χ1n) is 6.67. The molecule has 1 fully saturated rings. The van der Waals surface area contributed by atoms with Crippen LogP contribution >= 0.6 is 0 Å². The fourth-order valence-corrected chi connectivity index (χ4v) is 2.19. The van der Waals surface area contributed by atoms with E-state index in [0.717, 1.165) is 43.3 Å². The molecule has 0 radical (unpaired) electrons. The van der Waals surface area contributed by atoms with E-state index < -0.39 is 0 Å². The Labute approximate surface area is 109 Å². The molecule has 1 aromatic heterocycles. The van der Waals surface area contributed by atoms with Gasteiger partial charge in [0.15, 0.2) is 0 Å². The Morgan fingerprint density at radius 1 is 1.33 bits per heavy atom. The Morgan fingerprint density at radius 3 is 2.61 bits per heavy atom. The lowest BCUT2D eigenvalue weighted by molar-refractivity contribution is 0.0843. The molecular formula is C14H23N3O. The number of aryl methyl sites for hydroxylation is 1. The van der Waals surface area contributed by atoms with Gasteiger partial charge in [0.25, 0.3) is 0 Å². The molecule has 1 aliphatic rings. The van der Waals surface area contributed by atoms with Gasteiger partial charge in [-0.25, -0.2) is 9.97 Å². The van der Waals surface area contributed by atoms with Gasteiger partial charge in [0.05, 0.1) is 0 Å². The molecule has 0 amide bonds. The minimum absolute atomic E-state index is 0.161. The minimum Gasteiger partial charge on any atom is -0.381 e. The first-order valence-corrected chi connectivity index (χ1v) is 6.67. The van der Waals surface area contributed by atoms with Gasteiger partial charge in [-0.05, 0) is 25.8 Å². The van der Waals surface area contributed by atoms with Crippen LogP contribution in [-0.4, -0.2) is 29.7 Å². The van der Waals surface area contributed by atoms with Crippen LogP contribution in [0.5, 0.6) is 0 Å². The van der Waals surface area contributed by atoms with Gasteiger partial charge < -0.3 is 10.5 Å². The van der Waals surface area contributed by atoms with Gasteiger partial charge in [-0.3, -0.25) is 0 Å². The second-order valence-corrected chi connectivity index (χ2v) is 5.73. The van der Waals surface area contributed by atoms with Crippen LogP contribution in [0, 0.1) is 6.92 Å². The predicted octanol–water partition coefficient (Wildman–Crippen LogP) is 1.92. The highest BCUT2D eigenvalue weighted by Gasteiger charge is 2.25. The summed E-state index contributed by atoms with van der Waals surface area (Å²) in [7, 11) is 0. The number of hydrogen-bond donors (Lipinski definition) is 1. The Hall–Kier alpha value is -1.00. The molecule has 4 nitrogen and oxygen atoms in total. The summed E-state index contributed by atoms with van der Waals surface area (Å²) in [5.41, 5.74) is 7.84. The summed E-state index contributed by atoms with van der Waals surface area (Å²) in [5, 5.41) is 0. The van der Waals surface area contributed by atoms with Crippen LogP contribution in [-0.2, 0) is 10.2 Å². The van der Waals surface area contributed by atoms with Gasteiger partial charge >= 0.3 is 0 Å². The molecule has 1 aromatic rings.